The van der Waals surface area contributed by atoms with Crippen LogP contribution < -0.4 is 11.2 Å². The molecule has 0 spiro atoms. The van der Waals surface area contributed by atoms with Crippen molar-refractivity contribution in [3.8, 4) is 0 Å². The number of hydrogen-bond donors (Lipinski definition) is 2. The summed E-state index contributed by atoms with van der Waals surface area (Å²) < 4.78 is 22.5. The van der Waals surface area contributed by atoms with Gasteiger partial charge in [0.15, 0.2) is 6.23 Å². The van der Waals surface area contributed by atoms with E-state index in [1.807, 2.05) is 0 Å². The van der Waals surface area contributed by atoms with E-state index >= 15 is 0 Å². The van der Waals surface area contributed by atoms with Gasteiger partial charge < -0.3 is 9.84 Å². The van der Waals surface area contributed by atoms with Gasteiger partial charge in [-0.2, -0.15) is 0 Å². The molecule has 1 aliphatic heterocycles. The molecule has 124 valence electrons. The van der Waals surface area contributed by atoms with Crippen molar-refractivity contribution < 1.29 is 14.4 Å². The minimum Gasteiger partial charge on any atom is -0.394 e. The second kappa shape index (κ2) is 6.89. The minimum atomic E-state index is -2.18. The topological polar surface area (TPSA) is 108 Å². The lowest BCUT2D eigenvalue weighted by atomic mass is 10.3. The number of aliphatic hydroxyl groups is 1. The Morgan fingerprint density at radius 3 is 2.73 bits per heavy atom. The van der Waals surface area contributed by atoms with Crippen molar-refractivity contribution in [3.05, 3.63) is 32.6 Å². The van der Waals surface area contributed by atoms with E-state index in [1.165, 1.54) is 10.8 Å². The number of aromatic nitrogens is 2. The van der Waals surface area contributed by atoms with Crippen LogP contribution >= 0.6 is 8.10 Å². The van der Waals surface area contributed by atoms with Crippen LogP contribution in [-0.4, -0.2) is 63.9 Å². The van der Waals surface area contributed by atoms with Crippen molar-refractivity contribution >= 4 is 8.10 Å². The third-order valence-corrected chi connectivity index (χ3v) is 5.13. The highest BCUT2D eigenvalue weighted by molar-refractivity contribution is 7.39. The van der Waals surface area contributed by atoms with Gasteiger partial charge in [0.05, 0.1) is 19.3 Å². The Labute approximate surface area is 128 Å². The summed E-state index contributed by atoms with van der Waals surface area (Å²) in [5.74, 6) is 0. The number of aromatic amines is 1. The standard InChI is InChI=1S/C12H21N4O5P/c1-8-4-16(12(19)13-11(8)18)10-6-15(22(20)14(2)3)5-9(7-17)21-10/h4,9-10,17,22H,5-7H2,1-3H3,(H,13,18,19)/t9-,10?/m0/s1. The van der Waals surface area contributed by atoms with Crippen LogP contribution in [0.4, 0.5) is 0 Å². The summed E-state index contributed by atoms with van der Waals surface area (Å²) >= 11 is 0. The minimum absolute atomic E-state index is 0.234. The van der Waals surface area contributed by atoms with Gasteiger partial charge in [-0.15, -0.1) is 0 Å². The number of nitrogens with zero attached hydrogens (tertiary/aromatic N) is 3. The number of aliphatic hydroxyl groups excluding tert-OH is 1. The Hall–Kier alpha value is -1.25. The average Bonchev–Trinajstić information content (AvgIpc) is 2.49. The molecule has 0 aliphatic carbocycles. The first-order valence-electron chi connectivity index (χ1n) is 6.88. The molecule has 1 saturated heterocycles. The predicted molar refractivity (Wildman–Crippen MR) is 81.3 cm³/mol. The molecular formula is C12H21N4O5P. The number of H-pyrrole nitrogens is 1. The maximum Gasteiger partial charge on any atom is 0.330 e. The van der Waals surface area contributed by atoms with Crippen LogP contribution in [0.5, 0.6) is 0 Å². The molecule has 2 heterocycles. The van der Waals surface area contributed by atoms with Gasteiger partial charge in [0.25, 0.3) is 5.56 Å². The van der Waals surface area contributed by atoms with E-state index in [-0.39, 0.29) is 13.2 Å². The summed E-state index contributed by atoms with van der Waals surface area (Å²) in [7, 11) is 1.23. The highest BCUT2D eigenvalue weighted by Gasteiger charge is 2.32. The fraction of sp³-hybridized carbons (Fsp3) is 0.667. The number of ether oxygens (including phenoxy) is 1. The van der Waals surface area contributed by atoms with Crippen LogP contribution in [0.3, 0.4) is 0 Å². The first-order valence-corrected chi connectivity index (χ1v) is 8.18. The second-order valence-corrected chi connectivity index (χ2v) is 7.55. The summed E-state index contributed by atoms with van der Waals surface area (Å²) in [5, 5.41) is 9.36. The summed E-state index contributed by atoms with van der Waals surface area (Å²) in [6.45, 7) is 1.89. The third kappa shape index (κ3) is 3.56. The van der Waals surface area contributed by atoms with E-state index in [1.54, 1.807) is 30.4 Å². The maximum atomic E-state index is 12.3. The lowest BCUT2D eigenvalue weighted by Gasteiger charge is -2.38. The fourth-order valence-corrected chi connectivity index (χ4v) is 3.55. The normalized spacial score (nSPS) is 24.6. The molecule has 3 atom stereocenters. The van der Waals surface area contributed by atoms with E-state index in [0.29, 0.717) is 12.1 Å². The average molecular weight is 332 g/mol. The van der Waals surface area contributed by atoms with Crippen molar-refractivity contribution in [2.45, 2.75) is 19.3 Å². The van der Waals surface area contributed by atoms with Gasteiger partial charge in [0.2, 0.25) is 8.10 Å². The van der Waals surface area contributed by atoms with Gasteiger partial charge in [0, 0.05) is 18.3 Å². The van der Waals surface area contributed by atoms with E-state index < -0.39 is 31.7 Å². The van der Waals surface area contributed by atoms with E-state index in [0.717, 1.165) is 0 Å². The van der Waals surface area contributed by atoms with Crippen molar-refractivity contribution in [2.75, 3.05) is 33.8 Å². The quantitative estimate of drug-likeness (QED) is 0.680. The number of morpholine rings is 1. The molecule has 1 aromatic heterocycles. The van der Waals surface area contributed by atoms with Crippen molar-refractivity contribution in [3.63, 3.8) is 0 Å². The molecule has 0 aromatic carbocycles. The van der Waals surface area contributed by atoms with Gasteiger partial charge in [-0.3, -0.25) is 18.9 Å². The number of hydrogen-bond acceptors (Lipinski definition) is 5. The molecule has 0 saturated carbocycles. The Morgan fingerprint density at radius 2 is 2.14 bits per heavy atom. The molecule has 10 heteroatoms. The molecule has 2 rings (SSSR count). The summed E-state index contributed by atoms with van der Waals surface area (Å²) in [5.41, 5.74) is -0.667. The summed E-state index contributed by atoms with van der Waals surface area (Å²) in [6, 6.07) is 0. The number of aryl methyl sites for hydroxylation is 1. The Balaban J connectivity index is 2.34. The Bertz CT molecular complexity index is 670. The van der Waals surface area contributed by atoms with Gasteiger partial charge in [0.1, 0.15) is 0 Å². The largest absolute Gasteiger partial charge is 0.394 e. The van der Waals surface area contributed by atoms with Crippen LogP contribution in [0, 0.1) is 6.92 Å². The zero-order chi connectivity index (χ0) is 16.4. The summed E-state index contributed by atoms with van der Waals surface area (Å²) in [6.07, 6.45) is 0.144. The molecule has 22 heavy (non-hydrogen) atoms. The SMILES string of the molecule is Cc1cn(C2CN([PH](=O)N(C)C)C[C@@H](CO)O2)c(=O)[nH]c1=O. The molecule has 1 aliphatic rings. The highest BCUT2D eigenvalue weighted by Crippen LogP contribution is 2.34. The van der Waals surface area contributed by atoms with Crippen LogP contribution in [0.25, 0.3) is 0 Å². The number of rotatable bonds is 4. The molecule has 0 bridgehead atoms. The van der Waals surface area contributed by atoms with E-state index in [9.17, 15) is 19.3 Å². The zero-order valence-electron chi connectivity index (χ0n) is 12.8. The third-order valence-electron chi connectivity index (χ3n) is 3.46. The zero-order valence-corrected chi connectivity index (χ0v) is 13.8. The van der Waals surface area contributed by atoms with Crippen LogP contribution in [0.15, 0.2) is 15.8 Å². The molecule has 0 amide bonds. The van der Waals surface area contributed by atoms with Crippen LogP contribution in [0.2, 0.25) is 0 Å². The lowest BCUT2D eigenvalue weighted by Crippen LogP contribution is -2.48. The highest BCUT2D eigenvalue weighted by atomic mass is 31.1. The fourth-order valence-electron chi connectivity index (χ4n) is 2.31. The Kier molecular flexibility index (Phi) is 5.36. The molecule has 2 unspecified atom stereocenters. The van der Waals surface area contributed by atoms with Crippen LogP contribution in [0.1, 0.15) is 11.8 Å². The smallest absolute Gasteiger partial charge is 0.330 e. The first-order chi connectivity index (χ1) is 10.3. The molecular weight excluding hydrogens is 311 g/mol. The lowest BCUT2D eigenvalue weighted by molar-refractivity contribution is -0.119. The van der Waals surface area contributed by atoms with Crippen LogP contribution in [-0.2, 0) is 9.30 Å². The monoisotopic (exact) mass is 332 g/mol. The Morgan fingerprint density at radius 1 is 1.45 bits per heavy atom. The second-order valence-electron chi connectivity index (χ2n) is 5.46. The van der Waals surface area contributed by atoms with E-state index in [2.05, 4.69) is 4.98 Å². The molecule has 2 N–H and O–H groups in total. The van der Waals surface area contributed by atoms with Crippen molar-refractivity contribution in [2.24, 2.45) is 0 Å². The number of nitrogens with one attached hydrogen (secondary N) is 1. The van der Waals surface area contributed by atoms with Gasteiger partial charge >= 0.3 is 5.69 Å². The summed E-state index contributed by atoms with van der Waals surface area (Å²) in [4.78, 5) is 25.6. The predicted octanol–water partition coefficient (Wildman–Crippen LogP) is -1.01. The molecule has 0 radical (unpaired) electrons. The molecule has 9 nitrogen and oxygen atoms in total. The van der Waals surface area contributed by atoms with Crippen molar-refractivity contribution in [1.29, 1.82) is 0 Å². The van der Waals surface area contributed by atoms with Gasteiger partial charge in [-0.05, 0) is 21.0 Å². The van der Waals surface area contributed by atoms with Gasteiger partial charge in [-0.1, -0.05) is 0 Å². The maximum absolute atomic E-state index is 12.3. The van der Waals surface area contributed by atoms with E-state index in [4.69, 9.17) is 4.74 Å². The molecule has 1 aromatic rings. The molecule has 1 fully saturated rings. The van der Waals surface area contributed by atoms with Gasteiger partial charge in [-0.25, -0.2) is 14.1 Å². The first kappa shape index (κ1) is 17.1. The van der Waals surface area contributed by atoms with Crippen molar-refractivity contribution in [1.82, 2.24) is 18.9 Å².